The van der Waals surface area contributed by atoms with Crippen LogP contribution >= 0.6 is 7.82 Å². The number of ether oxygens (including phenoxy) is 3. The summed E-state index contributed by atoms with van der Waals surface area (Å²) in [5.74, 6) is -1.44. The summed E-state index contributed by atoms with van der Waals surface area (Å²) in [5, 5.41) is 9.85. The van der Waals surface area contributed by atoms with E-state index in [4.69, 9.17) is 23.3 Å². The fourth-order valence-electron chi connectivity index (χ4n) is 9.61. The molecule has 0 amide bonds. The molecule has 0 spiro atoms. The van der Waals surface area contributed by atoms with Gasteiger partial charge in [-0.25, -0.2) is 4.57 Å². The van der Waals surface area contributed by atoms with Crippen LogP contribution in [0.25, 0.3) is 0 Å². The highest BCUT2D eigenvalue weighted by atomic mass is 31.2. The maximum Gasteiger partial charge on any atom is 0.472 e. The van der Waals surface area contributed by atoms with E-state index in [0.29, 0.717) is 19.3 Å². The lowest BCUT2D eigenvalue weighted by Crippen LogP contribution is -2.30. The smallest absolute Gasteiger partial charge is 0.462 e. The third-order valence-electron chi connectivity index (χ3n) is 14.6. The summed E-state index contributed by atoms with van der Waals surface area (Å²) in [5.41, 5.74) is 0. The molecule has 11 nitrogen and oxygen atoms in total. The molecule has 0 saturated heterocycles. The fraction of sp³-hybridized carbons (Fsp3) is 0.864. The van der Waals surface area contributed by atoms with Crippen molar-refractivity contribution in [3.63, 3.8) is 0 Å². The van der Waals surface area contributed by atoms with E-state index in [1.807, 2.05) is 0 Å². The highest BCUT2D eigenvalue weighted by Crippen LogP contribution is 2.43. The normalized spacial score (nSPS) is 13.4. The molecule has 458 valence electrons. The summed E-state index contributed by atoms with van der Waals surface area (Å²) < 4.78 is 39.7. The number of allylic oxidation sites excluding steroid dienone is 6. The predicted molar refractivity (Wildman–Crippen MR) is 326 cm³/mol. The summed E-state index contributed by atoms with van der Waals surface area (Å²) in [6.07, 6.45) is 65.2. The van der Waals surface area contributed by atoms with Gasteiger partial charge in [0.25, 0.3) is 0 Å². The Bertz CT molecular complexity index is 1450. The maximum absolute atomic E-state index is 13.0. The number of hydrogen-bond acceptors (Lipinski definition) is 10. The standard InChI is InChI=1S/C66H123O11P/c1-4-7-10-13-16-19-22-25-28-30-31-33-36-39-42-45-48-51-54-57-66(70)77-63(59-73-64(68)55-52-49-46-43-40-37-35-32-29-26-23-20-17-14-11-8-5-2)61-75-78(71,72)74-60-62(58-67)76-65(69)56-53-50-47-44-41-38-34-27-24-21-18-15-12-9-6-3/h8,11,17,20,26,29,62-63,67H,4-7,9-10,12-16,18-19,21-25,27-28,30-61H2,1-3H3,(H,71,72)/b11-8-,20-17-,29-26-. The van der Waals surface area contributed by atoms with Crippen LogP contribution in [0, 0.1) is 0 Å². The fourth-order valence-corrected chi connectivity index (χ4v) is 10.4. The van der Waals surface area contributed by atoms with Gasteiger partial charge in [0.2, 0.25) is 0 Å². The highest BCUT2D eigenvalue weighted by molar-refractivity contribution is 7.47. The van der Waals surface area contributed by atoms with E-state index in [1.54, 1.807) is 0 Å². The van der Waals surface area contributed by atoms with Crippen molar-refractivity contribution in [3.8, 4) is 0 Å². The number of phosphoric ester groups is 1. The first-order valence-electron chi connectivity index (χ1n) is 32.9. The van der Waals surface area contributed by atoms with Crippen molar-refractivity contribution in [2.75, 3.05) is 26.4 Å². The molecule has 0 aliphatic rings. The number of hydrogen-bond donors (Lipinski definition) is 2. The highest BCUT2D eigenvalue weighted by Gasteiger charge is 2.28. The van der Waals surface area contributed by atoms with E-state index in [9.17, 15) is 28.9 Å². The van der Waals surface area contributed by atoms with Crippen molar-refractivity contribution in [3.05, 3.63) is 36.5 Å². The van der Waals surface area contributed by atoms with Crippen LogP contribution in [0.5, 0.6) is 0 Å². The van der Waals surface area contributed by atoms with Gasteiger partial charge >= 0.3 is 25.7 Å². The molecule has 0 bridgehead atoms. The van der Waals surface area contributed by atoms with Gasteiger partial charge in [0, 0.05) is 19.3 Å². The second-order valence-electron chi connectivity index (χ2n) is 22.3. The van der Waals surface area contributed by atoms with Crippen LogP contribution < -0.4 is 0 Å². The Hall–Kier alpha value is -2.30. The second-order valence-corrected chi connectivity index (χ2v) is 23.7. The number of carbonyl (C=O) groups is 3. The lowest BCUT2D eigenvalue weighted by Gasteiger charge is -2.21. The van der Waals surface area contributed by atoms with E-state index in [2.05, 4.69) is 57.2 Å². The van der Waals surface area contributed by atoms with Crippen molar-refractivity contribution in [2.24, 2.45) is 0 Å². The van der Waals surface area contributed by atoms with Gasteiger partial charge in [-0.15, -0.1) is 0 Å². The van der Waals surface area contributed by atoms with Crippen LogP contribution in [-0.4, -0.2) is 66.5 Å². The average molecular weight is 1120 g/mol. The molecule has 0 rings (SSSR count). The largest absolute Gasteiger partial charge is 0.472 e. The van der Waals surface area contributed by atoms with Crippen LogP contribution in [0.2, 0.25) is 0 Å². The molecule has 0 saturated carbocycles. The molecular weight excluding hydrogens is 1000 g/mol. The third kappa shape index (κ3) is 58.4. The summed E-state index contributed by atoms with van der Waals surface area (Å²) in [6, 6.07) is 0. The molecule has 0 fully saturated rings. The van der Waals surface area contributed by atoms with Crippen LogP contribution in [0.3, 0.4) is 0 Å². The summed E-state index contributed by atoms with van der Waals surface area (Å²) >= 11 is 0. The van der Waals surface area contributed by atoms with E-state index >= 15 is 0 Å². The first-order chi connectivity index (χ1) is 38.2. The number of esters is 3. The molecule has 0 heterocycles. The van der Waals surface area contributed by atoms with Gasteiger partial charge in [-0.05, 0) is 51.4 Å². The van der Waals surface area contributed by atoms with Crippen LogP contribution in [0.4, 0.5) is 0 Å². The lowest BCUT2D eigenvalue weighted by atomic mass is 10.0. The molecule has 3 unspecified atom stereocenters. The van der Waals surface area contributed by atoms with Crippen molar-refractivity contribution < 1.29 is 52.2 Å². The predicted octanol–water partition coefficient (Wildman–Crippen LogP) is 19.9. The zero-order valence-electron chi connectivity index (χ0n) is 50.9. The summed E-state index contributed by atoms with van der Waals surface area (Å²) in [4.78, 5) is 48.8. The monoisotopic (exact) mass is 1120 g/mol. The molecule has 0 aromatic carbocycles. The summed E-state index contributed by atoms with van der Waals surface area (Å²) in [6.45, 7) is 4.61. The number of rotatable bonds is 62. The second kappa shape index (κ2) is 60.8. The quantitative estimate of drug-likeness (QED) is 0.0197. The summed E-state index contributed by atoms with van der Waals surface area (Å²) in [7, 11) is -4.75. The van der Waals surface area contributed by atoms with Gasteiger partial charge in [0.05, 0.1) is 19.8 Å². The van der Waals surface area contributed by atoms with E-state index < -0.39 is 57.8 Å². The zero-order chi connectivity index (χ0) is 56.9. The number of aliphatic hydroxyl groups excluding tert-OH is 1. The minimum Gasteiger partial charge on any atom is -0.462 e. The van der Waals surface area contributed by atoms with Gasteiger partial charge in [0.15, 0.2) is 6.10 Å². The lowest BCUT2D eigenvalue weighted by molar-refractivity contribution is -0.161. The molecular formula is C66H123O11P. The van der Waals surface area contributed by atoms with Gasteiger partial charge < -0.3 is 24.2 Å². The van der Waals surface area contributed by atoms with Gasteiger partial charge in [0.1, 0.15) is 12.7 Å². The number of phosphoric acid groups is 1. The van der Waals surface area contributed by atoms with Gasteiger partial charge in [-0.3, -0.25) is 23.4 Å². The van der Waals surface area contributed by atoms with Crippen molar-refractivity contribution in [1.82, 2.24) is 0 Å². The first kappa shape index (κ1) is 75.7. The van der Waals surface area contributed by atoms with E-state index in [1.165, 1.54) is 186 Å². The third-order valence-corrected chi connectivity index (χ3v) is 15.5. The molecule has 0 aliphatic carbocycles. The Balaban J connectivity index is 4.66. The van der Waals surface area contributed by atoms with Gasteiger partial charge in [-0.2, -0.15) is 0 Å². The molecule has 2 N–H and O–H groups in total. The molecule has 0 aromatic heterocycles. The minimum atomic E-state index is -4.75. The van der Waals surface area contributed by atoms with Crippen LogP contribution in [0.15, 0.2) is 36.5 Å². The molecule has 78 heavy (non-hydrogen) atoms. The van der Waals surface area contributed by atoms with Crippen molar-refractivity contribution >= 4 is 25.7 Å². The molecule has 0 radical (unpaired) electrons. The van der Waals surface area contributed by atoms with E-state index in [-0.39, 0.29) is 25.9 Å². The SMILES string of the molecule is CC/C=C\C/C=C\C/C=C\CCCCCCCCCC(=O)OCC(COP(=O)(O)OCC(CO)OC(=O)CCCCCCCCCCCCCCCCC)OC(=O)CCCCCCCCCCCCCCCCCCCCC. The Morgan fingerprint density at radius 2 is 0.667 bits per heavy atom. The maximum atomic E-state index is 13.0. The van der Waals surface area contributed by atoms with Crippen LogP contribution in [-0.2, 0) is 42.2 Å². The molecule has 0 aliphatic heterocycles. The Morgan fingerprint density at radius 1 is 0.372 bits per heavy atom. The van der Waals surface area contributed by atoms with Crippen molar-refractivity contribution in [1.29, 1.82) is 0 Å². The molecule has 3 atom stereocenters. The number of carbonyl (C=O) groups excluding carboxylic acids is 3. The molecule has 12 heteroatoms. The first-order valence-corrected chi connectivity index (χ1v) is 34.4. The topological polar surface area (TPSA) is 155 Å². The zero-order valence-corrected chi connectivity index (χ0v) is 51.8. The van der Waals surface area contributed by atoms with Gasteiger partial charge in [-0.1, -0.05) is 295 Å². The number of aliphatic hydroxyl groups is 1. The number of unbranched alkanes of at least 4 members (excludes halogenated alkanes) is 39. The molecule has 0 aromatic rings. The van der Waals surface area contributed by atoms with E-state index in [0.717, 1.165) is 83.5 Å². The van der Waals surface area contributed by atoms with Crippen LogP contribution in [0.1, 0.15) is 329 Å². The Labute approximate surface area is 480 Å². The van der Waals surface area contributed by atoms with Crippen molar-refractivity contribution in [2.45, 2.75) is 341 Å². The minimum absolute atomic E-state index is 0.172. The average Bonchev–Trinajstić information content (AvgIpc) is 3.43. The Morgan fingerprint density at radius 3 is 1.03 bits per heavy atom. The Kier molecular flexibility index (Phi) is 59.0.